The zero-order chi connectivity index (χ0) is 14.8. The Kier molecular flexibility index (Phi) is 4.03. The van der Waals surface area contributed by atoms with Crippen molar-refractivity contribution in [3.05, 3.63) is 17.5 Å². The van der Waals surface area contributed by atoms with Crippen molar-refractivity contribution >= 4 is 11.9 Å². The molecular formula is C14H20N4O3. The van der Waals surface area contributed by atoms with E-state index in [4.69, 9.17) is 9.84 Å². The second kappa shape index (κ2) is 5.95. The fourth-order valence-electron chi connectivity index (χ4n) is 2.98. The van der Waals surface area contributed by atoms with Crippen LogP contribution in [0.2, 0.25) is 0 Å². The van der Waals surface area contributed by atoms with E-state index in [-0.39, 0.29) is 11.7 Å². The first-order valence-electron chi connectivity index (χ1n) is 7.30. The molecule has 2 aliphatic heterocycles. The van der Waals surface area contributed by atoms with Crippen molar-refractivity contribution < 1.29 is 14.6 Å². The number of fused-ring (bicyclic) bond motifs is 1. The SMILES string of the molecule is Cc1nc(NCC2CN3CCCC3CO2)ncc1C(=O)O. The van der Waals surface area contributed by atoms with Gasteiger partial charge in [0.05, 0.1) is 24.0 Å². The van der Waals surface area contributed by atoms with Crippen LogP contribution in [0.25, 0.3) is 0 Å². The molecule has 0 aliphatic carbocycles. The number of anilines is 1. The van der Waals surface area contributed by atoms with Crippen LogP contribution in [0.3, 0.4) is 0 Å². The van der Waals surface area contributed by atoms with Crippen molar-refractivity contribution in [2.45, 2.75) is 31.9 Å². The average Bonchev–Trinajstić information content (AvgIpc) is 2.92. The molecule has 2 N–H and O–H groups in total. The van der Waals surface area contributed by atoms with E-state index in [2.05, 4.69) is 20.2 Å². The number of aryl methyl sites for hydroxylation is 1. The van der Waals surface area contributed by atoms with Gasteiger partial charge in [-0.3, -0.25) is 4.90 Å². The van der Waals surface area contributed by atoms with E-state index in [1.165, 1.54) is 19.0 Å². The standard InChI is InChI=1S/C14H20N4O3/c1-9-12(13(19)20)6-16-14(17-9)15-5-11-7-18-4-2-3-10(18)8-21-11/h6,10-11H,2-5,7-8H2,1H3,(H,19,20)(H,15,16,17). The Bertz CT molecular complexity index is 537. The highest BCUT2D eigenvalue weighted by atomic mass is 16.5. The third-order valence-electron chi connectivity index (χ3n) is 4.16. The van der Waals surface area contributed by atoms with Crippen LogP contribution >= 0.6 is 0 Å². The van der Waals surface area contributed by atoms with Crippen LogP contribution in [0, 0.1) is 6.92 Å². The summed E-state index contributed by atoms with van der Waals surface area (Å²) in [6.45, 7) is 5.19. The Hall–Kier alpha value is -1.73. The zero-order valence-electron chi connectivity index (χ0n) is 12.1. The van der Waals surface area contributed by atoms with Gasteiger partial charge in [-0.25, -0.2) is 14.8 Å². The molecule has 0 aromatic carbocycles. The minimum atomic E-state index is -1.00. The number of aromatic carboxylic acids is 1. The minimum Gasteiger partial charge on any atom is -0.478 e. The van der Waals surface area contributed by atoms with Gasteiger partial charge >= 0.3 is 5.97 Å². The van der Waals surface area contributed by atoms with Gasteiger partial charge in [-0.2, -0.15) is 0 Å². The summed E-state index contributed by atoms with van der Waals surface area (Å²) in [5, 5.41) is 12.1. The van der Waals surface area contributed by atoms with Gasteiger partial charge in [0.1, 0.15) is 0 Å². The van der Waals surface area contributed by atoms with Crippen molar-refractivity contribution in [1.29, 1.82) is 0 Å². The summed E-state index contributed by atoms with van der Waals surface area (Å²) in [5.41, 5.74) is 0.596. The molecule has 2 atom stereocenters. The maximum Gasteiger partial charge on any atom is 0.339 e. The first-order chi connectivity index (χ1) is 10.1. The topological polar surface area (TPSA) is 87.6 Å². The van der Waals surface area contributed by atoms with Gasteiger partial charge in [0.2, 0.25) is 5.95 Å². The fraction of sp³-hybridized carbons (Fsp3) is 0.643. The van der Waals surface area contributed by atoms with Gasteiger partial charge in [-0.15, -0.1) is 0 Å². The molecule has 0 saturated carbocycles. The number of rotatable bonds is 4. The van der Waals surface area contributed by atoms with Crippen LogP contribution in [-0.2, 0) is 4.74 Å². The van der Waals surface area contributed by atoms with Gasteiger partial charge in [0.25, 0.3) is 0 Å². The third-order valence-corrected chi connectivity index (χ3v) is 4.16. The lowest BCUT2D eigenvalue weighted by Gasteiger charge is -2.35. The summed E-state index contributed by atoms with van der Waals surface area (Å²) in [6, 6.07) is 0.592. The quantitative estimate of drug-likeness (QED) is 0.847. The van der Waals surface area contributed by atoms with Crippen LogP contribution in [0.15, 0.2) is 6.20 Å². The van der Waals surface area contributed by atoms with E-state index in [0.29, 0.717) is 24.2 Å². The fourth-order valence-corrected chi connectivity index (χ4v) is 2.98. The summed E-state index contributed by atoms with van der Waals surface area (Å²) < 4.78 is 5.85. The molecule has 1 aromatic rings. The van der Waals surface area contributed by atoms with Crippen molar-refractivity contribution in [3.8, 4) is 0 Å². The number of morpholine rings is 1. The van der Waals surface area contributed by atoms with Crippen molar-refractivity contribution in [3.63, 3.8) is 0 Å². The van der Waals surface area contributed by atoms with Crippen LogP contribution < -0.4 is 5.32 Å². The molecule has 2 fully saturated rings. The molecule has 0 spiro atoms. The summed E-state index contributed by atoms with van der Waals surface area (Å²) in [4.78, 5) is 21.6. The molecule has 0 bridgehead atoms. The van der Waals surface area contributed by atoms with Gasteiger partial charge in [0, 0.05) is 25.3 Å². The molecule has 21 heavy (non-hydrogen) atoms. The van der Waals surface area contributed by atoms with E-state index in [1.54, 1.807) is 6.92 Å². The molecule has 3 rings (SSSR count). The lowest BCUT2D eigenvalue weighted by atomic mass is 10.2. The summed E-state index contributed by atoms with van der Waals surface area (Å²) in [7, 11) is 0. The highest BCUT2D eigenvalue weighted by Crippen LogP contribution is 2.22. The summed E-state index contributed by atoms with van der Waals surface area (Å²) >= 11 is 0. The van der Waals surface area contributed by atoms with Crippen LogP contribution in [0.1, 0.15) is 28.9 Å². The average molecular weight is 292 g/mol. The van der Waals surface area contributed by atoms with Gasteiger partial charge in [-0.1, -0.05) is 0 Å². The van der Waals surface area contributed by atoms with E-state index in [9.17, 15) is 4.79 Å². The first kappa shape index (κ1) is 14.2. The van der Waals surface area contributed by atoms with E-state index in [0.717, 1.165) is 19.7 Å². The second-order valence-corrected chi connectivity index (χ2v) is 5.63. The smallest absolute Gasteiger partial charge is 0.339 e. The number of carboxylic acid groups (broad SMARTS) is 1. The van der Waals surface area contributed by atoms with Crippen molar-refractivity contribution in [2.75, 3.05) is 31.6 Å². The van der Waals surface area contributed by atoms with Crippen LogP contribution in [0.4, 0.5) is 5.95 Å². The number of aromatic nitrogens is 2. The Balaban J connectivity index is 1.55. The molecule has 2 saturated heterocycles. The molecule has 7 nitrogen and oxygen atoms in total. The molecule has 7 heteroatoms. The van der Waals surface area contributed by atoms with Gasteiger partial charge in [-0.05, 0) is 26.3 Å². The highest BCUT2D eigenvalue weighted by Gasteiger charge is 2.32. The van der Waals surface area contributed by atoms with E-state index in [1.807, 2.05) is 0 Å². The lowest BCUT2D eigenvalue weighted by molar-refractivity contribution is -0.0416. The highest BCUT2D eigenvalue weighted by molar-refractivity contribution is 5.88. The molecule has 1 aromatic heterocycles. The summed E-state index contributed by atoms with van der Waals surface area (Å²) in [6.07, 6.45) is 3.96. The number of carboxylic acids is 1. The normalized spacial score (nSPS) is 25.6. The van der Waals surface area contributed by atoms with Gasteiger partial charge < -0.3 is 15.2 Å². The monoisotopic (exact) mass is 292 g/mol. The predicted octanol–water partition coefficient (Wildman–Crippen LogP) is 0.758. The molecule has 114 valence electrons. The number of nitrogens with one attached hydrogen (secondary N) is 1. The van der Waals surface area contributed by atoms with Crippen molar-refractivity contribution in [1.82, 2.24) is 14.9 Å². The number of carbonyl (C=O) groups is 1. The Morgan fingerprint density at radius 3 is 3.24 bits per heavy atom. The zero-order valence-corrected chi connectivity index (χ0v) is 12.1. The van der Waals surface area contributed by atoms with Crippen LogP contribution in [0.5, 0.6) is 0 Å². The molecule has 2 unspecified atom stereocenters. The minimum absolute atomic E-state index is 0.127. The maximum atomic E-state index is 10.9. The second-order valence-electron chi connectivity index (χ2n) is 5.63. The molecule has 0 amide bonds. The van der Waals surface area contributed by atoms with Gasteiger partial charge in [0.15, 0.2) is 0 Å². The number of hydrogen-bond donors (Lipinski definition) is 2. The maximum absolute atomic E-state index is 10.9. The Morgan fingerprint density at radius 1 is 1.62 bits per heavy atom. The van der Waals surface area contributed by atoms with Crippen molar-refractivity contribution in [2.24, 2.45) is 0 Å². The number of ether oxygens (including phenoxy) is 1. The Morgan fingerprint density at radius 2 is 2.48 bits per heavy atom. The molecular weight excluding hydrogens is 272 g/mol. The summed E-state index contributed by atoms with van der Waals surface area (Å²) in [5.74, 6) is -0.556. The first-order valence-corrected chi connectivity index (χ1v) is 7.30. The molecule has 2 aliphatic rings. The van der Waals surface area contributed by atoms with E-state index < -0.39 is 5.97 Å². The molecule has 0 radical (unpaired) electrons. The third kappa shape index (κ3) is 3.14. The predicted molar refractivity (Wildman–Crippen MR) is 76.6 cm³/mol. The number of hydrogen-bond acceptors (Lipinski definition) is 6. The largest absolute Gasteiger partial charge is 0.478 e. The van der Waals surface area contributed by atoms with E-state index >= 15 is 0 Å². The number of nitrogens with zero attached hydrogens (tertiary/aromatic N) is 3. The lowest BCUT2D eigenvalue weighted by Crippen LogP contribution is -2.48. The van der Waals surface area contributed by atoms with Crippen LogP contribution in [-0.4, -0.2) is 64.3 Å². The molecule has 3 heterocycles. The Labute approximate surface area is 123 Å².